The Morgan fingerprint density at radius 1 is 1.14 bits per heavy atom. The van der Waals surface area contributed by atoms with Crippen molar-refractivity contribution in [2.45, 2.75) is 13.3 Å². The number of hydrogen-bond donors (Lipinski definition) is 1. The summed E-state index contributed by atoms with van der Waals surface area (Å²) < 4.78 is 5.43. The van der Waals surface area contributed by atoms with Crippen LogP contribution in [0.1, 0.15) is 18.9 Å². The number of hydrogen-bond acceptors (Lipinski definition) is 5. The summed E-state index contributed by atoms with van der Waals surface area (Å²) in [6, 6.07) is 16.5. The lowest BCUT2D eigenvalue weighted by Crippen LogP contribution is -2.39. The van der Waals surface area contributed by atoms with Crippen LogP contribution in [0, 0.1) is 11.3 Å². The number of para-hydroxylation sites is 2. The molecule has 1 N–H and O–H groups in total. The van der Waals surface area contributed by atoms with Crippen LogP contribution < -0.4 is 15.1 Å². The fourth-order valence-corrected chi connectivity index (χ4v) is 3.28. The molecule has 0 saturated carbocycles. The van der Waals surface area contributed by atoms with Gasteiger partial charge in [0, 0.05) is 38.7 Å². The molecule has 1 heterocycles. The Labute approximate surface area is 170 Å². The second kappa shape index (κ2) is 9.71. The summed E-state index contributed by atoms with van der Waals surface area (Å²) in [6.07, 6.45) is 0.164. The second-order valence-electron chi connectivity index (χ2n) is 6.75. The average Bonchev–Trinajstić information content (AvgIpc) is 2.75. The van der Waals surface area contributed by atoms with Crippen molar-refractivity contribution < 1.29 is 14.3 Å². The van der Waals surface area contributed by atoms with Gasteiger partial charge in [0.25, 0.3) is 0 Å². The molecule has 0 bridgehead atoms. The fraction of sp³-hybridized carbons (Fsp3) is 0.318. The van der Waals surface area contributed by atoms with Crippen molar-refractivity contribution >= 4 is 28.9 Å². The number of nitrogens with one attached hydrogen (secondary N) is 1. The zero-order valence-corrected chi connectivity index (χ0v) is 16.4. The highest BCUT2D eigenvalue weighted by Gasteiger charge is 2.21. The predicted molar refractivity (Wildman–Crippen MR) is 112 cm³/mol. The van der Waals surface area contributed by atoms with E-state index < -0.39 is 0 Å². The van der Waals surface area contributed by atoms with Gasteiger partial charge in [0.15, 0.2) is 0 Å². The van der Waals surface area contributed by atoms with Crippen LogP contribution >= 0.6 is 0 Å². The highest BCUT2D eigenvalue weighted by atomic mass is 16.5. The van der Waals surface area contributed by atoms with E-state index in [0.717, 1.165) is 24.5 Å². The van der Waals surface area contributed by atoms with Gasteiger partial charge < -0.3 is 19.9 Å². The molecule has 0 radical (unpaired) electrons. The van der Waals surface area contributed by atoms with Crippen LogP contribution in [0.2, 0.25) is 0 Å². The normalized spacial score (nSPS) is 13.4. The number of ether oxygens (including phenoxy) is 1. The quantitative estimate of drug-likeness (QED) is 0.817. The second-order valence-corrected chi connectivity index (χ2v) is 6.75. The largest absolute Gasteiger partial charge is 0.378 e. The van der Waals surface area contributed by atoms with Gasteiger partial charge in [0.2, 0.25) is 11.8 Å². The molecule has 1 aliphatic rings. The third-order valence-electron chi connectivity index (χ3n) is 4.76. The molecule has 0 aliphatic carbocycles. The number of amides is 2. The van der Waals surface area contributed by atoms with E-state index in [1.54, 1.807) is 29.2 Å². The third kappa shape index (κ3) is 5.33. The van der Waals surface area contributed by atoms with Gasteiger partial charge >= 0.3 is 0 Å². The summed E-state index contributed by atoms with van der Waals surface area (Å²) >= 11 is 0. The topological polar surface area (TPSA) is 85.7 Å². The molecule has 1 saturated heterocycles. The van der Waals surface area contributed by atoms with Crippen molar-refractivity contribution in [1.82, 2.24) is 0 Å². The van der Waals surface area contributed by atoms with Gasteiger partial charge in [-0.1, -0.05) is 12.1 Å². The number of nitrogens with zero attached hydrogens (tertiary/aromatic N) is 3. The lowest BCUT2D eigenvalue weighted by molar-refractivity contribution is -0.117. The number of benzene rings is 2. The minimum atomic E-state index is -0.190. The first-order chi connectivity index (χ1) is 14.1. The molecule has 0 atom stereocenters. The van der Waals surface area contributed by atoms with Crippen LogP contribution in [-0.4, -0.2) is 44.7 Å². The van der Waals surface area contributed by atoms with Crippen LogP contribution in [0.5, 0.6) is 0 Å². The SMILES string of the molecule is CC(=O)N(CCC(=O)Nc1ccc(C#N)cc1)c1ccccc1N1CCOCC1. The third-order valence-corrected chi connectivity index (χ3v) is 4.76. The first-order valence-corrected chi connectivity index (χ1v) is 9.58. The zero-order chi connectivity index (χ0) is 20.6. The molecular weight excluding hydrogens is 368 g/mol. The Hall–Kier alpha value is -3.37. The summed E-state index contributed by atoms with van der Waals surface area (Å²) in [4.78, 5) is 28.6. The van der Waals surface area contributed by atoms with Crippen LogP contribution in [0.3, 0.4) is 0 Å². The highest BCUT2D eigenvalue weighted by molar-refractivity contribution is 5.97. The first kappa shape index (κ1) is 20.4. The zero-order valence-electron chi connectivity index (χ0n) is 16.4. The van der Waals surface area contributed by atoms with Gasteiger partial charge in [-0.3, -0.25) is 9.59 Å². The molecule has 2 aromatic rings. The molecule has 1 fully saturated rings. The van der Waals surface area contributed by atoms with Crippen molar-refractivity contribution in [3.8, 4) is 6.07 Å². The molecule has 7 heteroatoms. The van der Waals surface area contributed by atoms with E-state index in [9.17, 15) is 9.59 Å². The molecule has 29 heavy (non-hydrogen) atoms. The first-order valence-electron chi connectivity index (χ1n) is 9.58. The van der Waals surface area contributed by atoms with E-state index >= 15 is 0 Å². The summed E-state index contributed by atoms with van der Waals surface area (Å²) in [7, 11) is 0. The lowest BCUT2D eigenvalue weighted by Gasteiger charge is -2.33. The molecule has 3 rings (SSSR count). The van der Waals surface area contributed by atoms with Crippen molar-refractivity contribution in [1.29, 1.82) is 5.26 Å². The van der Waals surface area contributed by atoms with Crippen molar-refractivity contribution in [2.75, 3.05) is 48.0 Å². The fourth-order valence-electron chi connectivity index (χ4n) is 3.28. The maximum absolute atomic E-state index is 12.4. The number of carbonyl (C=O) groups is 2. The minimum absolute atomic E-state index is 0.114. The van der Waals surface area contributed by atoms with E-state index in [4.69, 9.17) is 10.00 Å². The van der Waals surface area contributed by atoms with Gasteiger partial charge in [-0.05, 0) is 36.4 Å². The summed E-state index contributed by atoms with van der Waals surface area (Å²) in [6.45, 7) is 4.63. The Morgan fingerprint density at radius 3 is 2.48 bits per heavy atom. The van der Waals surface area contributed by atoms with Gasteiger partial charge in [-0.2, -0.15) is 5.26 Å². The summed E-state index contributed by atoms with van der Waals surface area (Å²) in [5.74, 6) is -0.304. The van der Waals surface area contributed by atoms with Crippen LogP contribution in [-0.2, 0) is 14.3 Å². The molecule has 2 aromatic carbocycles. The van der Waals surface area contributed by atoms with E-state index in [1.165, 1.54) is 6.92 Å². The molecule has 0 unspecified atom stereocenters. The maximum atomic E-state index is 12.4. The number of nitriles is 1. The number of carbonyl (C=O) groups excluding carboxylic acids is 2. The van der Waals surface area contributed by atoms with Crippen LogP contribution in [0.4, 0.5) is 17.1 Å². The van der Waals surface area contributed by atoms with Crippen molar-refractivity contribution in [3.05, 3.63) is 54.1 Å². The molecule has 0 aromatic heterocycles. The Balaban J connectivity index is 1.68. The molecule has 0 spiro atoms. The monoisotopic (exact) mass is 392 g/mol. The molecule has 1 aliphatic heterocycles. The lowest BCUT2D eigenvalue weighted by atomic mass is 10.2. The van der Waals surface area contributed by atoms with E-state index in [-0.39, 0.29) is 24.8 Å². The number of anilines is 3. The Bertz CT molecular complexity index is 899. The van der Waals surface area contributed by atoms with Crippen LogP contribution in [0.15, 0.2) is 48.5 Å². The molecule has 7 nitrogen and oxygen atoms in total. The standard InChI is InChI=1S/C22H24N4O3/c1-17(27)26(11-10-22(28)24-19-8-6-18(16-23)7-9-19)21-5-3-2-4-20(21)25-12-14-29-15-13-25/h2-9H,10-15H2,1H3,(H,24,28). The highest BCUT2D eigenvalue weighted by Crippen LogP contribution is 2.30. The predicted octanol–water partition coefficient (Wildman–Crippen LogP) is 2.78. The number of morpholine rings is 1. The van der Waals surface area contributed by atoms with Crippen LogP contribution in [0.25, 0.3) is 0 Å². The Morgan fingerprint density at radius 2 is 1.83 bits per heavy atom. The minimum Gasteiger partial charge on any atom is -0.378 e. The van der Waals surface area contributed by atoms with E-state index in [0.29, 0.717) is 24.5 Å². The summed E-state index contributed by atoms with van der Waals surface area (Å²) in [5, 5.41) is 11.7. The molecule has 2 amide bonds. The number of rotatable bonds is 6. The van der Waals surface area contributed by atoms with E-state index in [1.807, 2.05) is 30.3 Å². The smallest absolute Gasteiger partial charge is 0.226 e. The van der Waals surface area contributed by atoms with Gasteiger partial charge in [-0.15, -0.1) is 0 Å². The molecular formula is C22H24N4O3. The average molecular weight is 392 g/mol. The van der Waals surface area contributed by atoms with E-state index in [2.05, 4.69) is 10.2 Å². The summed E-state index contributed by atoms with van der Waals surface area (Å²) in [5.41, 5.74) is 2.93. The van der Waals surface area contributed by atoms with Crippen molar-refractivity contribution in [2.24, 2.45) is 0 Å². The van der Waals surface area contributed by atoms with Crippen molar-refractivity contribution in [3.63, 3.8) is 0 Å². The Kier molecular flexibility index (Phi) is 6.82. The van der Waals surface area contributed by atoms with Gasteiger partial charge in [0.05, 0.1) is 36.2 Å². The molecule has 150 valence electrons. The van der Waals surface area contributed by atoms with Gasteiger partial charge in [0.1, 0.15) is 0 Å². The maximum Gasteiger partial charge on any atom is 0.226 e. The van der Waals surface area contributed by atoms with Gasteiger partial charge in [-0.25, -0.2) is 0 Å².